The van der Waals surface area contributed by atoms with Gasteiger partial charge in [0.15, 0.2) is 0 Å². The number of halogens is 1. The molecule has 3 aromatic rings. The van der Waals surface area contributed by atoms with Crippen LogP contribution < -0.4 is 19.1 Å². The third-order valence-electron chi connectivity index (χ3n) is 4.70. The SMILES string of the molecule is COc1ccc(NC(=O)CN(c2ccccc2Cl)S(=O)(=O)c2ccc(C)cc2)c(OC)c1. The number of anilines is 2. The number of para-hydroxylation sites is 1. The second kappa shape index (κ2) is 9.93. The van der Waals surface area contributed by atoms with E-state index in [2.05, 4.69) is 5.32 Å². The number of hydrogen-bond acceptors (Lipinski definition) is 5. The molecule has 3 aromatic carbocycles. The molecule has 0 aliphatic heterocycles. The van der Waals surface area contributed by atoms with Crippen molar-refractivity contribution in [1.82, 2.24) is 0 Å². The maximum absolute atomic E-state index is 13.4. The zero-order chi connectivity index (χ0) is 23.3. The van der Waals surface area contributed by atoms with E-state index in [-0.39, 0.29) is 15.6 Å². The third-order valence-corrected chi connectivity index (χ3v) is 6.79. The normalized spacial score (nSPS) is 11.0. The number of aryl methyl sites for hydroxylation is 1. The predicted molar refractivity (Wildman–Crippen MR) is 125 cm³/mol. The molecule has 0 heterocycles. The van der Waals surface area contributed by atoms with E-state index < -0.39 is 22.5 Å². The average molecular weight is 475 g/mol. The van der Waals surface area contributed by atoms with Crippen LogP contribution in [0.15, 0.2) is 71.6 Å². The van der Waals surface area contributed by atoms with Crippen molar-refractivity contribution in [3.8, 4) is 11.5 Å². The maximum Gasteiger partial charge on any atom is 0.264 e. The molecular formula is C23H23ClN2O5S. The van der Waals surface area contributed by atoms with Crippen LogP contribution in [0.4, 0.5) is 11.4 Å². The number of hydrogen-bond donors (Lipinski definition) is 1. The molecule has 0 saturated carbocycles. The minimum atomic E-state index is -4.07. The molecule has 0 atom stereocenters. The van der Waals surface area contributed by atoms with Crippen LogP contribution in [0.1, 0.15) is 5.56 Å². The van der Waals surface area contributed by atoms with Gasteiger partial charge in [-0.05, 0) is 43.3 Å². The van der Waals surface area contributed by atoms with Crippen molar-refractivity contribution in [2.45, 2.75) is 11.8 Å². The van der Waals surface area contributed by atoms with E-state index in [1.54, 1.807) is 54.6 Å². The first kappa shape index (κ1) is 23.4. The lowest BCUT2D eigenvalue weighted by Crippen LogP contribution is -2.38. The fourth-order valence-electron chi connectivity index (χ4n) is 3.01. The third kappa shape index (κ3) is 5.15. The Morgan fingerprint density at radius 1 is 1.00 bits per heavy atom. The number of sulfonamides is 1. The summed E-state index contributed by atoms with van der Waals surface area (Å²) in [6.45, 7) is 1.37. The Hall–Kier alpha value is -3.23. The molecule has 0 saturated heterocycles. The number of amides is 1. The molecule has 0 fully saturated rings. The molecule has 1 amide bonds. The van der Waals surface area contributed by atoms with E-state index in [1.807, 2.05) is 6.92 Å². The molecule has 7 nitrogen and oxygen atoms in total. The summed E-state index contributed by atoms with van der Waals surface area (Å²) in [6.07, 6.45) is 0. The Balaban J connectivity index is 1.96. The maximum atomic E-state index is 13.4. The molecular weight excluding hydrogens is 452 g/mol. The smallest absolute Gasteiger partial charge is 0.264 e. The summed E-state index contributed by atoms with van der Waals surface area (Å²) < 4.78 is 38.3. The van der Waals surface area contributed by atoms with Crippen LogP contribution in [0, 0.1) is 6.92 Å². The van der Waals surface area contributed by atoms with E-state index in [9.17, 15) is 13.2 Å². The molecule has 0 aromatic heterocycles. The molecule has 168 valence electrons. The molecule has 0 aliphatic carbocycles. The Labute approximate surface area is 192 Å². The van der Waals surface area contributed by atoms with E-state index in [4.69, 9.17) is 21.1 Å². The van der Waals surface area contributed by atoms with Crippen LogP contribution in [0.3, 0.4) is 0 Å². The number of rotatable bonds is 8. The molecule has 0 aliphatic rings. The number of benzene rings is 3. The first-order valence-corrected chi connectivity index (χ1v) is 11.4. The van der Waals surface area contributed by atoms with Crippen molar-refractivity contribution in [1.29, 1.82) is 0 Å². The highest BCUT2D eigenvalue weighted by atomic mass is 35.5. The van der Waals surface area contributed by atoms with E-state index in [1.165, 1.54) is 26.4 Å². The quantitative estimate of drug-likeness (QED) is 0.519. The molecule has 0 radical (unpaired) electrons. The van der Waals surface area contributed by atoms with Crippen molar-refractivity contribution < 1.29 is 22.7 Å². The lowest BCUT2D eigenvalue weighted by atomic mass is 10.2. The van der Waals surface area contributed by atoms with Crippen molar-refractivity contribution in [2.75, 3.05) is 30.4 Å². The lowest BCUT2D eigenvalue weighted by molar-refractivity contribution is -0.114. The van der Waals surface area contributed by atoms with Crippen molar-refractivity contribution >= 4 is 38.9 Å². The summed E-state index contributed by atoms with van der Waals surface area (Å²) in [5.41, 5.74) is 1.49. The van der Waals surface area contributed by atoms with E-state index in [0.717, 1.165) is 9.87 Å². The summed E-state index contributed by atoms with van der Waals surface area (Å²) in [5, 5.41) is 2.90. The first-order chi connectivity index (χ1) is 15.3. The monoisotopic (exact) mass is 474 g/mol. The van der Waals surface area contributed by atoms with Crippen LogP contribution in [0.25, 0.3) is 0 Å². The summed E-state index contributed by atoms with van der Waals surface area (Å²) in [7, 11) is -1.09. The number of nitrogens with one attached hydrogen (secondary N) is 1. The van der Waals surface area contributed by atoms with Crippen LogP contribution in [0.5, 0.6) is 11.5 Å². The van der Waals surface area contributed by atoms with Crippen LogP contribution in [-0.4, -0.2) is 35.1 Å². The second-order valence-electron chi connectivity index (χ2n) is 6.89. The van der Waals surface area contributed by atoms with Crippen LogP contribution in [0.2, 0.25) is 5.02 Å². The zero-order valence-corrected chi connectivity index (χ0v) is 19.4. The van der Waals surface area contributed by atoms with Gasteiger partial charge in [0.05, 0.1) is 35.5 Å². The highest BCUT2D eigenvalue weighted by Gasteiger charge is 2.29. The van der Waals surface area contributed by atoms with Gasteiger partial charge in [0.1, 0.15) is 18.0 Å². The van der Waals surface area contributed by atoms with Crippen LogP contribution in [-0.2, 0) is 14.8 Å². The Bertz CT molecular complexity index is 1210. The fourth-order valence-corrected chi connectivity index (χ4v) is 4.74. The van der Waals surface area contributed by atoms with Gasteiger partial charge in [-0.2, -0.15) is 0 Å². The lowest BCUT2D eigenvalue weighted by Gasteiger charge is -2.25. The largest absolute Gasteiger partial charge is 0.497 e. The summed E-state index contributed by atoms with van der Waals surface area (Å²) in [6, 6.07) is 17.7. The zero-order valence-electron chi connectivity index (χ0n) is 17.8. The van der Waals surface area contributed by atoms with Crippen molar-refractivity contribution in [3.05, 3.63) is 77.3 Å². The van der Waals surface area contributed by atoms with Gasteiger partial charge in [-0.25, -0.2) is 8.42 Å². The summed E-state index contributed by atoms with van der Waals surface area (Å²) >= 11 is 6.29. The molecule has 3 rings (SSSR count). The van der Waals surface area contributed by atoms with Crippen molar-refractivity contribution in [2.24, 2.45) is 0 Å². The average Bonchev–Trinajstić information content (AvgIpc) is 2.78. The molecule has 0 spiro atoms. The van der Waals surface area contributed by atoms with Gasteiger partial charge in [-0.3, -0.25) is 9.10 Å². The number of nitrogens with zero attached hydrogens (tertiary/aromatic N) is 1. The number of methoxy groups -OCH3 is 2. The van der Waals surface area contributed by atoms with Gasteiger partial charge in [-0.1, -0.05) is 41.4 Å². The van der Waals surface area contributed by atoms with Gasteiger partial charge < -0.3 is 14.8 Å². The Kier molecular flexibility index (Phi) is 7.27. The Morgan fingerprint density at radius 3 is 2.31 bits per heavy atom. The standard InChI is InChI=1S/C23H23ClN2O5S/c1-16-8-11-18(12-9-16)32(28,29)26(21-7-5-4-6-19(21)24)15-23(27)25-20-13-10-17(30-2)14-22(20)31-3/h4-14H,15H2,1-3H3,(H,25,27). The van der Waals surface area contributed by atoms with Crippen LogP contribution >= 0.6 is 11.6 Å². The molecule has 32 heavy (non-hydrogen) atoms. The van der Waals surface area contributed by atoms with Gasteiger partial charge in [0.2, 0.25) is 5.91 Å². The first-order valence-electron chi connectivity index (χ1n) is 9.62. The molecule has 0 bridgehead atoms. The van der Waals surface area contributed by atoms with Gasteiger partial charge in [-0.15, -0.1) is 0 Å². The summed E-state index contributed by atoms with van der Waals surface area (Å²) in [4.78, 5) is 13.0. The predicted octanol–water partition coefficient (Wildman–Crippen LogP) is 4.50. The van der Waals surface area contributed by atoms with Gasteiger partial charge >= 0.3 is 0 Å². The second-order valence-corrected chi connectivity index (χ2v) is 9.16. The van der Waals surface area contributed by atoms with Gasteiger partial charge in [0.25, 0.3) is 10.0 Å². The number of carbonyl (C=O) groups excluding carboxylic acids is 1. The highest BCUT2D eigenvalue weighted by Crippen LogP contribution is 2.32. The minimum absolute atomic E-state index is 0.0536. The summed E-state index contributed by atoms with van der Waals surface area (Å²) in [5.74, 6) is 0.368. The highest BCUT2D eigenvalue weighted by molar-refractivity contribution is 7.92. The Morgan fingerprint density at radius 2 is 1.69 bits per heavy atom. The van der Waals surface area contributed by atoms with E-state index in [0.29, 0.717) is 17.2 Å². The van der Waals surface area contributed by atoms with Gasteiger partial charge in [0, 0.05) is 6.07 Å². The number of ether oxygens (including phenoxy) is 2. The van der Waals surface area contributed by atoms with E-state index >= 15 is 0 Å². The fraction of sp³-hybridized carbons (Fsp3) is 0.174. The minimum Gasteiger partial charge on any atom is -0.497 e. The molecule has 9 heteroatoms. The van der Waals surface area contributed by atoms with Crippen molar-refractivity contribution in [3.63, 3.8) is 0 Å². The number of carbonyl (C=O) groups is 1. The molecule has 0 unspecified atom stereocenters. The molecule has 1 N–H and O–H groups in total. The topological polar surface area (TPSA) is 84.9 Å².